The Hall–Kier alpha value is -1.13. The second kappa shape index (κ2) is 3.93. The Morgan fingerprint density at radius 2 is 2.16 bits per heavy atom. The minimum Gasteiger partial charge on any atom is -0.491 e. The van der Waals surface area contributed by atoms with Crippen molar-refractivity contribution in [2.24, 2.45) is 11.1 Å². The van der Waals surface area contributed by atoms with Crippen molar-refractivity contribution in [3.05, 3.63) is 29.6 Å². The maximum absolute atomic E-state index is 13.2. The Bertz CT molecular complexity index is 515. The van der Waals surface area contributed by atoms with E-state index in [1.807, 2.05) is 0 Å². The molecule has 0 unspecified atom stereocenters. The molecule has 1 saturated carbocycles. The van der Waals surface area contributed by atoms with E-state index in [1.54, 1.807) is 6.07 Å². The average molecular weight is 262 g/mol. The van der Waals surface area contributed by atoms with Crippen molar-refractivity contribution >= 4 is 0 Å². The molecule has 2 N–H and O–H groups in total. The number of rotatable bonds is 1. The summed E-state index contributed by atoms with van der Waals surface area (Å²) in [4.78, 5) is 2.48. The van der Waals surface area contributed by atoms with Gasteiger partial charge in [0.05, 0.1) is 12.1 Å². The van der Waals surface area contributed by atoms with Crippen LogP contribution >= 0.6 is 0 Å². The van der Waals surface area contributed by atoms with Gasteiger partial charge in [-0.25, -0.2) is 4.39 Å². The van der Waals surface area contributed by atoms with E-state index in [4.69, 9.17) is 10.5 Å². The number of benzene rings is 1. The number of hydrogen-bond donors (Lipinski definition) is 1. The van der Waals surface area contributed by atoms with E-state index in [9.17, 15) is 4.39 Å². The van der Waals surface area contributed by atoms with Crippen molar-refractivity contribution in [2.45, 2.75) is 31.3 Å². The highest BCUT2D eigenvalue weighted by molar-refractivity contribution is 5.39. The summed E-state index contributed by atoms with van der Waals surface area (Å²) < 4.78 is 18.9. The zero-order valence-electron chi connectivity index (χ0n) is 10.9. The molecular weight excluding hydrogens is 243 g/mol. The van der Waals surface area contributed by atoms with Gasteiger partial charge in [-0.1, -0.05) is 6.07 Å². The molecule has 4 heteroatoms. The standard InChI is InChI=1S/C15H19FN2O/c16-10-1-2-11-13(7-10)19-8-12(14(11)17)18-6-5-15(9-18)3-4-15/h1-2,7,12,14H,3-6,8-9,17H2/t12-,14-/m0/s1. The van der Waals surface area contributed by atoms with E-state index in [0.29, 0.717) is 17.8 Å². The summed E-state index contributed by atoms with van der Waals surface area (Å²) in [6.45, 7) is 2.86. The number of fused-ring (bicyclic) bond motifs is 1. The molecule has 0 amide bonds. The molecule has 0 aromatic heterocycles. The van der Waals surface area contributed by atoms with Crippen LogP contribution in [0.15, 0.2) is 18.2 Å². The first-order valence-corrected chi connectivity index (χ1v) is 7.09. The summed E-state index contributed by atoms with van der Waals surface area (Å²) in [5.74, 6) is 0.353. The van der Waals surface area contributed by atoms with Gasteiger partial charge in [0.15, 0.2) is 0 Å². The highest BCUT2D eigenvalue weighted by atomic mass is 19.1. The molecule has 1 aliphatic carbocycles. The third-order valence-corrected chi connectivity index (χ3v) is 5.05. The minimum absolute atomic E-state index is 0.0711. The summed E-state index contributed by atoms with van der Waals surface area (Å²) >= 11 is 0. The number of likely N-dealkylation sites (tertiary alicyclic amines) is 1. The minimum atomic E-state index is -0.262. The average Bonchev–Trinajstić information content (AvgIpc) is 3.01. The number of nitrogens with zero attached hydrogens (tertiary/aromatic N) is 1. The van der Waals surface area contributed by atoms with Gasteiger partial charge in [-0.05, 0) is 37.3 Å². The summed E-state index contributed by atoms with van der Waals surface area (Å²) in [7, 11) is 0. The maximum Gasteiger partial charge on any atom is 0.127 e. The van der Waals surface area contributed by atoms with Crippen LogP contribution in [0.5, 0.6) is 5.75 Å². The number of nitrogens with two attached hydrogens (primary N) is 1. The first-order chi connectivity index (χ1) is 9.17. The fraction of sp³-hybridized carbons (Fsp3) is 0.600. The Kier molecular flexibility index (Phi) is 2.42. The van der Waals surface area contributed by atoms with Crippen LogP contribution in [0.3, 0.4) is 0 Å². The lowest BCUT2D eigenvalue weighted by molar-refractivity contribution is 0.113. The lowest BCUT2D eigenvalue weighted by Crippen LogP contribution is -2.47. The quantitative estimate of drug-likeness (QED) is 0.842. The molecular formula is C15H19FN2O. The van der Waals surface area contributed by atoms with Crippen molar-refractivity contribution in [2.75, 3.05) is 19.7 Å². The van der Waals surface area contributed by atoms with Crippen LogP contribution in [0, 0.1) is 11.2 Å². The first-order valence-electron chi connectivity index (χ1n) is 7.09. The molecule has 102 valence electrons. The van der Waals surface area contributed by atoms with Crippen molar-refractivity contribution < 1.29 is 9.13 Å². The van der Waals surface area contributed by atoms with Crippen LogP contribution in [0.2, 0.25) is 0 Å². The Balaban J connectivity index is 1.57. The van der Waals surface area contributed by atoms with Gasteiger partial charge in [0.2, 0.25) is 0 Å². The van der Waals surface area contributed by atoms with E-state index in [2.05, 4.69) is 4.90 Å². The van der Waals surface area contributed by atoms with Crippen LogP contribution in [-0.2, 0) is 0 Å². The molecule has 1 aromatic carbocycles. The molecule has 4 rings (SSSR count). The molecule has 2 heterocycles. The Morgan fingerprint density at radius 1 is 1.32 bits per heavy atom. The molecule has 2 fully saturated rings. The maximum atomic E-state index is 13.2. The third-order valence-electron chi connectivity index (χ3n) is 5.05. The molecule has 1 saturated heterocycles. The van der Waals surface area contributed by atoms with Crippen molar-refractivity contribution in [1.29, 1.82) is 0 Å². The summed E-state index contributed by atoms with van der Waals surface area (Å²) in [6.07, 6.45) is 4.04. The van der Waals surface area contributed by atoms with Gasteiger partial charge in [-0.2, -0.15) is 0 Å². The molecule has 3 nitrogen and oxygen atoms in total. The smallest absolute Gasteiger partial charge is 0.127 e. The third kappa shape index (κ3) is 1.85. The molecule has 3 aliphatic rings. The largest absolute Gasteiger partial charge is 0.491 e. The van der Waals surface area contributed by atoms with Gasteiger partial charge in [-0.15, -0.1) is 0 Å². The molecule has 1 aromatic rings. The van der Waals surface area contributed by atoms with Gasteiger partial charge in [0, 0.05) is 18.2 Å². The van der Waals surface area contributed by atoms with Gasteiger partial charge < -0.3 is 10.5 Å². The molecule has 1 spiro atoms. The van der Waals surface area contributed by atoms with E-state index in [-0.39, 0.29) is 17.9 Å². The van der Waals surface area contributed by atoms with E-state index in [0.717, 1.165) is 18.7 Å². The second-order valence-corrected chi connectivity index (χ2v) is 6.31. The van der Waals surface area contributed by atoms with E-state index in [1.165, 1.54) is 31.4 Å². The molecule has 19 heavy (non-hydrogen) atoms. The Morgan fingerprint density at radius 3 is 2.89 bits per heavy atom. The fourth-order valence-electron chi connectivity index (χ4n) is 3.56. The SMILES string of the molecule is N[C@H]1c2ccc(F)cc2OC[C@@H]1N1CCC2(CC2)C1. The summed E-state index contributed by atoms with van der Waals surface area (Å²) in [5, 5.41) is 0. The molecule has 0 radical (unpaired) electrons. The van der Waals surface area contributed by atoms with Crippen LogP contribution in [0.4, 0.5) is 4.39 Å². The van der Waals surface area contributed by atoms with Gasteiger partial charge >= 0.3 is 0 Å². The fourth-order valence-corrected chi connectivity index (χ4v) is 3.56. The topological polar surface area (TPSA) is 38.5 Å². The number of halogens is 1. The van der Waals surface area contributed by atoms with E-state index < -0.39 is 0 Å². The zero-order chi connectivity index (χ0) is 13.0. The second-order valence-electron chi connectivity index (χ2n) is 6.31. The predicted molar refractivity (Wildman–Crippen MR) is 70.5 cm³/mol. The van der Waals surface area contributed by atoms with Gasteiger partial charge in [0.25, 0.3) is 0 Å². The summed E-state index contributed by atoms with van der Waals surface area (Å²) in [5.41, 5.74) is 7.92. The normalized spacial score (nSPS) is 32.1. The van der Waals surface area contributed by atoms with Crippen LogP contribution in [0.25, 0.3) is 0 Å². The van der Waals surface area contributed by atoms with Crippen LogP contribution < -0.4 is 10.5 Å². The van der Waals surface area contributed by atoms with E-state index >= 15 is 0 Å². The van der Waals surface area contributed by atoms with Crippen LogP contribution in [0.1, 0.15) is 30.9 Å². The van der Waals surface area contributed by atoms with Gasteiger partial charge in [0.1, 0.15) is 18.2 Å². The lowest BCUT2D eigenvalue weighted by Gasteiger charge is -2.37. The number of hydrogen-bond acceptors (Lipinski definition) is 3. The van der Waals surface area contributed by atoms with Crippen molar-refractivity contribution in [1.82, 2.24) is 4.90 Å². The molecule has 2 atom stereocenters. The molecule has 2 aliphatic heterocycles. The lowest BCUT2D eigenvalue weighted by atomic mass is 9.96. The monoisotopic (exact) mass is 262 g/mol. The number of ether oxygens (including phenoxy) is 1. The Labute approximate surface area is 112 Å². The predicted octanol–water partition coefficient (Wildman–Crippen LogP) is 2.07. The van der Waals surface area contributed by atoms with Gasteiger partial charge in [-0.3, -0.25) is 4.90 Å². The van der Waals surface area contributed by atoms with Crippen molar-refractivity contribution in [3.63, 3.8) is 0 Å². The van der Waals surface area contributed by atoms with Crippen LogP contribution in [-0.4, -0.2) is 30.6 Å². The van der Waals surface area contributed by atoms with Crippen molar-refractivity contribution in [3.8, 4) is 5.75 Å². The molecule has 0 bridgehead atoms. The zero-order valence-corrected chi connectivity index (χ0v) is 10.9. The summed E-state index contributed by atoms with van der Waals surface area (Å²) in [6, 6.07) is 4.84. The highest BCUT2D eigenvalue weighted by Gasteiger charge is 2.50. The highest BCUT2D eigenvalue weighted by Crippen LogP contribution is 2.53. The first kappa shape index (κ1) is 11.7.